The molecule has 1 rings (SSSR count). The van der Waals surface area contributed by atoms with Gasteiger partial charge in [0.1, 0.15) is 5.69 Å². The van der Waals surface area contributed by atoms with Gasteiger partial charge in [-0.05, 0) is 26.4 Å². The number of hydrogen-bond donors (Lipinski definition) is 2. The fraction of sp³-hybridized carbons (Fsp3) is 0.714. The van der Waals surface area contributed by atoms with E-state index in [1.807, 2.05) is 13.8 Å². The first-order valence-electron chi connectivity index (χ1n) is 7.29. The lowest BCUT2D eigenvalue weighted by Gasteiger charge is -2.23. The predicted octanol–water partition coefficient (Wildman–Crippen LogP) is 1.02. The van der Waals surface area contributed by atoms with E-state index in [-0.39, 0.29) is 11.9 Å². The average Bonchev–Trinajstić information content (AvgIpc) is 2.70. The second-order valence-electron chi connectivity index (χ2n) is 5.05. The number of hydrogen-bond acceptors (Lipinski definition) is 4. The van der Waals surface area contributed by atoms with Crippen molar-refractivity contribution >= 4 is 11.6 Å². The van der Waals surface area contributed by atoms with Crippen LogP contribution >= 0.6 is 0 Å². The number of amides is 1. The van der Waals surface area contributed by atoms with Crippen LogP contribution in [-0.4, -0.2) is 46.3 Å². The lowest BCUT2D eigenvalue weighted by molar-refractivity contribution is 0.0921. The molecule has 0 aromatic carbocycles. The fourth-order valence-electron chi connectivity index (χ4n) is 2.33. The van der Waals surface area contributed by atoms with Gasteiger partial charge in [-0.15, -0.1) is 0 Å². The Morgan fingerprint density at radius 2 is 2.00 bits per heavy atom. The van der Waals surface area contributed by atoms with Crippen molar-refractivity contribution in [2.24, 2.45) is 7.05 Å². The van der Waals surface area contributed by atoms with Crippen LogP contribution in [0.25, 0.3) is 0 Å². The van der Waals surface area contributed by atoms with Gasteiger partial charge in [0.2, 0.25) is 0 Å². The molecule has 0 aliphatic heterocycles. The summed E-state index contributed by atoms with van der Waals surface area (Å²) in [5, 5.41) is 7.26. The Kier molecular flexibility index (Phi) is 6.01. The maximum atomic E-state index is 12.3. The van der Waals surface area contributed by atoms with Crippen molar-refractivity contribution in [3.05, 3.63) is 11.4 Å². The molecule has 6 nitrogen and oxygen atoms in total. The van der Waals surface area contributed by atoms with Crippen LogP contribution < -0.4 is 11.1 Å². The topological polar surface area (TPSA) is 76.2 Å². The summed E-state index contributed by atoms with van der Waals surface area (Å²) in [7, 11) is 1.75. The number of aromatic nitrogens is 2. The normalized spacial score (nSPS) is 12.7. The molecule has 1 amide bonds. The Bertz CT molecular complexity index is 451. The summed E-state index contributed by atoms with van der Waals surface area (Å²) in [5.41, 5.74) is 7.70. The summed E-state index contributed by atoms with van der Waals surface area (Å²) < 4.78 is 1.56. The van der Waals surface area contributed by atoms with Crippen LogP contribution in [0.2, 0.25) is 0 Å². The highest BCUT2D eigenvalue weighted by molar-refractivity contribution is 5.98. The lowest BCUT2D eigenvalue weighted by atomic mass is 10.2. The Morgan fingerprint density at radius 3 is 2.45 bits per heavy atom. The van der Waals surface area contributed by atoms with Gasteiger partial charge in [-0.2, -0.15) is 5.10 Å². The molecule has 0 aliphatic carbocycles. The van der Waals surface area contributed by atoms with Gasteiger partial charge in [-0.3, -0.25) is 9.48 Å². The van der Waals surface area contributed by atoms with Gasteiger partial charge in [0, 0.05) is 19.6 Å². The quantitative estimate of drug-likeness (QED) is 0.782. The first-order chi connectivity index (χ1) is 9.44. The van der Waals surface area contributed by atoms with Crippen LogP contribution in [-0.2, 0) is 13.5 Å². The van der Waals surface area contributed by atoms with E-state index in [9.17, 15) is 4.79 Å². The molecule has 1 heterocycles. The van der Waals surface area contributed by atoms with Crippen molar-refractivity contribution in [3.63, 3.8) is 0 Å². The molecule has 20 heavy (non-hydrogen) atoms. The van der Waals surface area contributed by atoms with Crippen LogP contribution in [0.1, 0.15) is 43.9 Å². The fourth-order valence-corrected chi connectivity index (χ4v) is 2.33. The van der Waals surface area contributed by atoms with Gasteiger partial charge >= 0.3 is 0 Å². The molecule has 1 aromatic heterocycles. The monoisotopic (exact) mass is 281 g/mol. The number of nitrogens with one attached hydrogen (secondary N) is 1. The van der Waals surface area contributed by atoms with Crippen molar-refractivity contribution in [1.29, 1.82) is 0 Å². The molecule has 0 radical (unpaired) electrons. The van der Waals surface area contributed by atoms with Gasteiger partial charge in [-0.1, -0.05) is 20.8 Å². The van der Waals surface area contributed by atoms with Crippen LogP contribution in [0.5, 0.6) is 0 Å². The van der Waals surface area contributed by atoms with Crippen molar-refractivity contribution in [2.75, 3.05) is 25.4 Å². The molecule has 0 aliphatic rings. The van der Waals surface area contributed by atoms with E-state index in [2.05, 4.69) is 29.2 Å². The minimum Gasteiger partial charge on any atom is -0.395 e. The number of carbonyl (C=O) groups excluding carboxylic acids is 1. The number of anilines is 1. The third kappa shape index (κ3) is 3.72. The molecule has 0 spiro atoms. The van der Waals surface area contributed by atoms with Crippen LogP contribution in [0.15, 0.2) is 0 Å². The summed E-state index contributed by atoms with van der Waals surface area (Å²) in [4.78, 5) is 14.6. The zero-order chi connectivity index (χ0) is 15.3. The van der Waals surface area contributed by atoms with Gasteiger partial charge in [0.05, 0.1) is 11.4 Å². The van der Waals surface area contributed by atoms with Gasteiger partial charge in [0.25, 0.3) is 5.91 Å². The highest BCUT2D eigenvalue weighted by Gasteiger charge is 2.20. The van der Waals surface area contributed by atoms with Gasteiger partial charge in [0.15, 0.2) is 0 Å². The summed E-state index contributed by atoms with van der Waals surface area (Å²) in [5.74, 6) is -0.156. The zero-order valence-electron chi connectivity index (χ0n) is 13.2. The average molecular weight is 281 g/mol. The molecule has 0 bridgehead atoms. The minimum atomic E-state index is -0.156. The van der Waals surface area contributed by atoms with Crippen molar-refractivity contribution in [2.45, 2.75) is 40.2 Å². The minimum absolute atomic E-state index is 0.0711. The smallest absolute Gasteiger partial charge is 0.271 e. The molecule has 1 aromatic rings. The van der Waals surface area contributed by atoms with E-state index in [0.717, 1.165) is 31.7 Å². The molecule has 1 unspecified atom stereocenters. The molecular formula is C14H27N5O. The summed E-state index contributed by atoms with van der Waals surface area (Å²) >= 11 is 0. The number of aryl methyl sites for hydroxylation is 2. The first kappa shape index (κ1) is 16.5. The molecule has 0 saturated heterocycles. The van der Waals surface area contributed by atoms with E-state index in [4.69, 9.17) is 5.73 Å². The van der Waals surface area contributed by atoms with Gasteiger partial charge in [-0.25, -0.2) is 0 Å². The molecule has 1 atom stereocenters. The Morgan fingerprint density at radius 1 is 1.40 bits per heavy atom. The van der Waals surface area contributed by atoms with Crippen molar-refractivity contribution in [3.8, 4) is 0 Å². The third-order valence-electron chi connectivity index (χ3n) is 3.51. The Labute approximate surface area is 121 Å². The zero-order valence-corrected chi connectivity index (χ0v) is 13.2. The van der Waals surface area contributed by atoms with E-state index in [1.54, 1.807) is 11.7 Å². The lowest BCUT2D eigenvalue weighted by Crippen LogP contribution is -2.42. The Hall–Kier alpha value is -1.56. The van der Waals surface area contributed by atoms with Crippen LogP contribution in [0.4, 0.5) is 5.69 Å². The maximum absolute atomic E-state index is 12.3. The van der Waals surface area contributed by atoms with E-state index >= 15 is 0 Å². The predicted molar refractivity (Wildman–Crippen MR) is 81.7 cm³/mol. The first-order valence-corrected chi connectivity index (χ1v) is 7.29. The molecule has 6 heteroatoms. The summed E-state index contributed by atoms with van der Waals surface area (Å²) in [6.07, 6.45) is 0.724. The molecule has 3 N–H and O–H groups in total. The number of likely N-dealkylation sites (N-methyl/N-ethyl adjacent to an activating group) is 1. The third-order valence-corrected chi connectivity index (χ3v) is 3.51. The van der Waals surface area contributed by atoms with E-state index in [0.29, 0.717) is 11.4 Å². The molecule has 114 valence electrons. The van der Waals surface area contributed by atoms with Gasteiger partial charge < -0.3 is 16.0 Å². The molecule has 0 saturated carbocycles. The number of nitrogen functional groups attached to an aromatic ring is 1. The number of nitrogens with zero attached hydrogens (tertiary/aromatic N) is 3. The number of rotatable bonds is 7. The second kappa shape index (κ2) is 7.28. The van der Waals surface area contributed by atoms with Crippen LogP contribution in [0.3, 0.4) is 0 Å². The largest absolute Gasteiger partial charge is 0.395 e. The maximum Gasteiger partial charge on any atom is 0.271 e. The SMILES string of the molecule is CCc1nn(C)c(C(=O)NC(C)CN(CC)CC)c1N. The van der Waals surface area contributed by atoms with Crippen LogP contribution in [0, 0.1) is 0 Å². The van der Waals surface area contributed by atoms with Crippen molar-refractivity contribution in [1.82, 2.24) is 20.0 Å². The summed E-state index contributed by atoms with van der Waals surface area (Å²) in [6.45, 7) is 11.0. The molecule has 0 fully saturated rings. The summed E-state index contributed by atoms with van der Waals surface area (Å²) in [6, 6.07) is 0.0711. The van der Waals surface area contributed by atoms with E-state index in [1.165, 1.54) is 0 Å². The number of carbonyl (C=O) groups is 1. The van der Waals surface area contributed by atoms with Crippen molar-refractivity contribution < 1.29 is 4.79 Å². The standard InChI is InChI=1S/C14H27N5O/c1-6-11-12(15)13(18(5)17-11)14(20)16-10(4)9-19(7-2)8-3/h10H,6-9,15H2,1-5H3,(H,16,20). The second-order valence-corrected chi connectivity index (χ2v) is 5.05. The highest BCUT2D eigenvalue weighted by atomic mass is 16.2. The Balaban J connectivity index is 2.74. The van der Waals surface area contributed by atoms with E-state index < -0.39 is 0 Å². The number of nitrogens with two attached hydrogens (primary N) is 1. The highest BCUT2D eigenvalue weighted by Crippen LogP contribution is 2.16. The molecular weight excluding hydrogens is 254 g/mol.